The Bertz CT molecular complexity index is 299. The third kappa shape index (κ3) is 8.48. The second kappa shape index (κ2) is 9.40. The van der Waals surface area contributed by atoms with Crippen LogP contribution in [0.5, 0.6) is 0 Å². The summed E-state index contributed by atoms with van der Waals surface area (Å²) in [7, 11) is -2.83. The minimum atomic E-state index is -2.83. The van der Waals surface area contributed by atoms with Gasteiger partial charge in [-0.05, 0) is 22.3 Å². The van der Waals surface area contributed by atoms with Gasteiger partial charge in [-0.15, -0.1) is 4.52 Å². The van der Waals surface area contributed by atoms with E-state index in [1.54, 1.807) is 0 Å². The highest BCUT2D eigenvalue weighted by Crippen LogP contribution is 2.13. The Balaban J connectivity index is 0.000000487. The molecular weight excluding hydrogens is 230 g/mol. The molecule has 1 rings (SSSR count). The van der Waals surface area contributed by atoms with Crippen LogP contribution < -0.4 is 4.89 Å². The van der Waals surface area contributed by atoms with E-state index < -0.39 is 8.25 Å². The lowest BCUT2D eigenvalue weighted by atomic mass is 10.2. The summed E-state index contributed by atoms with van der Waals surface area (Å²) in [6, 6.07) is 5.43. The molecule has 0 radical (unpaired) electrons. The zero-order valence-electron chi connectivity index (χ0n) is 9.48. The van der Waals surface area contributed by atoms with Crippen LogP contribution in [0, 0.1) is 5.82 Å². The standard InChI is InChI=1S/C7H6FO3P.C4H10/c8-7-3-1-6(2-4-7)5-11-12(9)10;1-3-4-2/h1-4H,5H2;3-4H2,1-2H3. The lowest BCUT2D eigenvalue weighted by Crippen LogP contribution is -1.92. The van der Waals surface area contributed by atoms with Gasteiger partial charge in [0.2, 0.25) is 0 Å². The fraction of sp³-hybridized carbons (Fsp3) is 0.455. The number of rotatable bonds is 4. The van der Waals surface area contributed by atoms with Crippen molar-refractivity contribution in [2.24, 2.45) is 0 Å². The van der Waals surface area contributed by atoms with Crippen molar-refractivity contribution in [1.29, 1.82) is 0 Å². The van der Waals surface area contributed by atoms with Crippen LogP contribution in [-0.4, -0.2) is 0 Å². The van der Waals surface area contributed by atoms with Gasteiger partial charge in [0.15, 0.2) is 0 Å². The number of unbranched alkanes of at least 4 members (excludes halogenated alkanes) is 1. The highest BCUT2D eigenvalue weighted by Gasteiger charge is 2.01. The van der Waals surface area contributed by atoms with E-state index in [2.05, 4.69) is 18.4 Å². The molecule has 1 aromatic carbocycles. The summed E-state index contributed by atoms with van der Waals surface area (Å²) in [5, 5.41) is 0. The van der Waals surface area contributed by atoms with Gasteiger partial charge in [0.05, 0.1) is 0 Å². The molecule has 5 heteroatoms. The summed E-state index contributed by atoms with van der Waals surface area (Å²) in [6.07, 6.45) is 2.64. The molecule has 1 aromatic rings. The molecule has 0 aliphatic carbocycles. The van der Waals surface area contributed by atoms with Crippen molar-refractivity contribution in [3.63, 3.8) is 0 Å². The molecule has 0 N–H and O–H groups in total. The van der Waals surface area contributed by atoms with Gasteiger partial charge in [-0.1, -0.05) is 38.8 Å². The van der Waals surface area contributed by atoms with Crippen LogP contribution in [0.15, 0.2) is 24.3 Å². The summed E-state index contributed by atoms with van der Waals surface area (Å²) < 4.78 is 26.6. The van der Waals surface area contributed by atoms with Gasteiger partial charge >= 0.3 is 8.25 Å². The Labute approximate surface area is 96.2 Å². The molecule has 0 bridgehead atoms. The monoisotopic (exact) mass is 246 g/mol. The predicted molar refractivity (Wildman–Crippen MR) is 59.4 cm³/mol. The summed E-state index contributed by atoms with van der Waals surface area (Å²) >= 11 is 0. The SMILES string of the molecule is CCCC.O=[P+]([O-])OCc1ccc(F)cc1. The second-order valence-corrected chi connectivity index (χ2v) is 3.83. The van der Waals surface area contributed by atoms with Gasteiger partial charge in [-0.3, -0.25) is 0 Å². The van der Waals surface area contributed by atoms with Gasteiger partial charge in [0, 0.05) is 0 Å². The van der Waals surface area contributed by atoms with Crippen LogP contribution in [0.1, 0.15) is 32.3 Å². The molecule has 0 saturated carbocycles. The topological polar surface area (TPSA) is 49.4 Å². The lowest BCUT2D eigenvalue weighted by molar-refractivity contribution is -0.186. The highest BCUT2D eigenvalue weighted by atomic mass is 31.1. The minimum Gasteiger partial charge on any atom is -0.566 e. The molecule has 90 valence electrons. The Hall–Kier alpha value is -0.830. The van der Waals surface area contributed by atoms with Crippen LogP contribution in [0.25, 0.3) is 0 Å². The molecule has 3 nitrogen and oxygen atoms in total. The Morgan fingerprint density at radius 2 is 1.75 bits per heavy atom. The van der Waals surface area contributed by atoms with Gasteiger partial charge in [0.25, 0.3) is 0 Å². The molecule has 0 amide bonds. The van der Waals surface area contributed by atoms with Crippen molar-refractivity contribution >= 4 is 8.25 Å². The van der Waals surface area contributed by atoms with E-state index in [-0.39, 0.29) is 12.4 Å². The smallest absolute Gasteiger partial charge is 0.488 e. The fourth-order valence-electron chi connectivity index (χ4n) is 0.708. The van der Waals surface area contributed by atoms with E-state index in [0.717, 1.165) is 0 Å². The maximum atomic E-state index is 12.3. The lowest BCUT2D eigenvalue weighted by Gasteiger charge is -1.94. The molecule has 0 heterocycles. The van der Waals surface area contributed by atoms with E-state index in [1.807, 2.05) is 0 Å². The first kappa shape index (κ1) is 15.2. The minimum absolute atomic E-state index is 0.0427. The predicted octanol–water partition coefficient (Wildman–Crippen LogP) is 3.17. The Morgan fingerprint density at radius 1 is 1.25 bits per heavy atom. The van der Waals surface area contributed by atoms with Crippen molar-refractivity contribution in [2.45, 2.75) is 33.3 Å². The van der Waals surface area contributed by atoms with Crippen molar-refractivity contribution in [2.75, 3.05) is 0 Å². The Morgan fingerprint density at radius 3 is 2.12 bits per heavy atom. The van der Waals surface area contributed by atoms with E-state index in [1.165, 1.54) is 37.1 Å². The van der Waals surface area contributed by atoms with Crippen molar-refractivity contribution in [1.82, 2.24) is 0 Å². The van der Waals surface area contributed by atoms with Crippen LogP contribution in [0.2, 0.25) is 0 Å². The summed E-state index contributed by atoms with van der Waals surface area (Å²) in [4.78, 5) is 9.98. The van der Waals surface area contributed by atoms with Gasteiger partial charge in [-0.2, -0.15) is 0 Å². The van der Waals surface area contributed by atoms with Gasteiger partial charge in [-0.25, -0.2) is 4.39 Å². The van der Waals surface area contributed by atoms with E-state index in [0.29, 0.717) is 5.56 Å². The van der Waals surface area contributed by atoms with Crippen molar-refractivity contribution in [3.05, 3.63) is 35.6 Å². The molecule has 1 unspecified atom stereocenters. The molecular formula is C11H16FO3P. The largest absolute Gasteiger partial charge is 0.566 e. The molecule has 1 atom stereocenters. The third-order valence-corrected chi connectivity index (χ3v) is 2.09. The molecule has 0 saturated heterocycles. The molecule has 0 fully saturated rings. The van der Waals surface area contributed by atoms with Gasteiger partial charge < -0.3 is 4.89 Å². The number of hydrogen-bond donors (Lipinski definition) is 0. The maximum Gasteiger partial charge on any atom is 0.488 e. The normalized spacial score (nSPS) is 10.4. The zero-order valence-corrected chi connectivity index (χ0v) is 10.4. The van der Waals surface area contributed by atoms with Crippen LogP contribution in [0.3, 0.4) is 0 Å². The van der Waals surface area contributed by atoms with Crippen LogP contribution in [0.4, 0.5) is 4.39 Å². The molecule has 16 heavy (non-hydrogen) atoms. The molecule has 0 spiro atoms. The van der Waals surface area contributed by atoms with Crippen LogP contribution >= 0.6 is 8.25 Å². The second-order valence-electron chi connectivity index (χ2n) is 3.12. The zero-order chi connectivity index (χ0) is 12.4. The molecule has 0 aliphatic heterocycles. The fourth-order valence-corrected chi connectivity index (χ4v) is 0.962. The number of benzene rings is 1. The average molecular weight is 246 g/mol. The first-order valence-corrected chi connectivity index (χ1v) is 6.21. The quantitative estimate of drug-likeness (QED) is 0.766. The summed E-state index contributed by atoms with van der Waals surface area (Å²) in [5.74, 6) is -0.356. The van der Waals surface area contributed by atoms with Crippen molar-refractivity contribution < 1.29 is 18.4 Å². The van der Waals surface area contributed by atoms with Crippen molar-refractivity contribution in [3.8, 4) is 0 Å². The van der Waals surface area contributed by atoms with E-state index in [4.69, 9.17) is 0 Å². The van der Waals surface area contributed by atoms with E-state index in [9.17, 15) is 13.8 Å². The first-order valence-electron chi connectivity index (χ1n) is 5.11. The molecule has 0 aromatic heterocycles. The number of hydrogen-bond acceptors (Lipinski definition) is 3. The average Bonchev–Trinajstić information content (AvgIpc) is 2.28. The number of halogens is 1. The summed E-state index contributed by atoms with van der Waals surface area (Å²) in [6.45, 7) is 4.32. The van der Waals surface area contributed by atoms with Crippen LogP contribution in [-0.2, 0) is 15.7 Å². The first-order chi connectivity index (χ1) is 7.60. The molecule has 0 aliphatic rings. The Kier molecular flexibility index (Phi) is 8.91. The summed E-state index contributed by atoms with van der Waals surface area (Å²) in [5.41, 5.74) is 0.621. The van der Waals surface area contributed by atoms with Gasteiger partial charge in [0.1, 0.15) is 12.4 Å². The highest BCUT2D eigenvalue weighted by molar-refractivity contribution is 7.30. The maximum absolute atomic E-state index is 12.3. The third-order valence-electron chi connectivity index (χ3n) is 1.75. The van der Waals surface area contributed by atoms with E-state index >= 15 is 0 Å².